The summed E-state index contributed by atoms with van der Waals surface area (Å²) in [6.07, 6.45) is 0.479. The smallest absolute Gasteiger partial charge is 0.321 e. The number of rotatable bonds is 3. The van der Waals surface area contributed by atoms with Crippen molar-refractivity contribution in [2.45, 2.75) is 25.6 Å². The summed E-state index contributed by atoms with van der Waals surface area (Å²) in [4.78, 5) is 13.7. The number of aliphatic carboxylic acids is 1. The number of ether oxygens (including phenoxy) is 2. The lowest BCUT2D eigenvalue weighted by molar-refractivity contribution is -0.144. The Bertz CT molecular complexity index is 808. The number of carboxylic acids is 1. The lowest BCUT2D eigenvalue weighted by atomic mass is 9.93. The van der Waals surface area contributed by atoms with Crippen molar-refractivity contribution in [2.24, 2.45) is 0 Å². The van der Waals surface area contributed by atoms with Crippen LogP contribution in [0.4, 0.5) is 0 Å². The number of carboxylic acid groups (broad SMARTS) is 1. The molecule has 2 aliphatic rings. The van der Waals surface area contributed by atoms with Crippen LogP contribution in [0, 0.1) is 0 Å². The summed E-state index contributed by atoms with van der Waals surface area (Å²) in [5, 5.41) is 10.3. The van der Waals surface area contributed by atoms with Gasteiger partial charge in [0, 0.05) is 18.1 Å². The van der Waals surface area contributed by atoms with E-state index >= 15 is 0 Å². The van der Waals surface area contributed by atoms with Gasteiger partial charge in [-0.2, -0.15) is 0 Å². The van der Waals surface area contributed by atoms with E-state index in [-0.39, 0.29) is 6.79 Å². The van der Waals surface area contributed by atoms with Crippen molar-refractivity contribution in [3.05, 3.63) is 58.1 Å². The van der Waals surface area contributed by atoms with Gasteiger partial charge in [-0.25, -0.2) is 0 Å². The van der Waals surface area contributed by atoms with Crippen molar-refractivity contribution in [3.8, 4) is 11.5 Å². The summed E-state index contributed by atoms with van der Waals surface area (Å²) in [5.74, 6) is 0.625. The molecular weight excluding hydrogens is 330 g/mol. The van der Waals surface area contributed by atoms with Gasteiger partial charge in [0.05, 0.1) is 0 Å². The molecule has 0 saturated heterocycles. The summed E-state index contributed by atoms with van der Waals surface area (Å²) in [5.41, 5.74) is 3.13. The van der Waals surface area contributed by atoms with Gasteiger partial charge >= 0.3 is 5.97 Å². The average molecular weight is 346 g/mol. The lowest BCUT2D eigenvalue weighted by Gasteiger charge is -2.34. The molecule has 2 aromatic rings. The number of hydrogen-bond donors (Lipinski definition) is 1. The van der Waals surface area contributed by atoms with Crippen LogP contribution in [0.3, 0.4) is 0 Å². The average Bonchev–Trinajstić information content (AvgIpc) is 3.01. The SMILES string of the molecule is O=C(O)C1Cc2ccc(Cl)cc2CN1Cc1ccc2c(c1)OCO2. The van der Waals surface area contributed by atoms with Gasteiger partial charge in [-0.3, -0.25) is 9.69 Å². The number of fused-ring (bicyclic) bond motifs is 2. The largest absolute Gasteiger partial charge is 0.480 e. The van der Waals surface area contributed by atoms with Gasteiger partial charge in [-0.15, -0.1) is 0 Å². The third-order valence-corrected chi connectivity index (χ3v) is 4.74. The van der Waals surface area contributed by atoms with Crippen molar-refractivity contribution >= 4 is 17.6 Å². The summed E-state index contributed by atoms with van der Waals surface area (Å²) in [6, 6.07) is 10.8. The topological polar surface area (TPSA) is 59.0 Å². The second-order valence-corrected chi connectivity index (χ2v) is 6.50. The van der Waals surface area contributed by atoms with E-state index in [4.69, 9.17) is 21.1 Å². The maximum absolute atomic E-state index is 11.7. The number of carbonyl (C=O) groups is 1. The fourth-order valence-corrected chi connectivity index (χ4v) is 3.49. The minimum atomic E-state index is -0.809. The first-order valence-corrected chi connectivity index (χ1v) is 8.10. The molecule has 0 aromatic heterocycles. The molecule has 4 rings (SSSR count). The molecule has 0 bridgehead atoms. The van der Waals surface area contributed by atoms with Crippen LogP contribution in [0.1, 0.15) is 16.7 Å². The van der Waals surface area contributed by atoms with Gasteiger partial charge < -0.3 is 14.6 Å². The zero-order valence-corrected chi connectivity index (χ0v) is 13.6. The predicted molar refractivity (Wildman–Crippen MR) is 88.4 cm³/mol. The monoisotopic (exact) mass is 345 g/mol. The minimum absolute atomic E-state index is 0.228. The first-order valence-electron chi connectivity index (χ1n) is 7.73. The van der Waals surface area contributed by atoms with E-state index in [1.165, 1.54) is 0 Å². The van der Waals surface area contributed by atoms with Crippen LogP contribution in [0.2, 0.25) is 5.02 Å². The first-order chi connectivity index (χ1) is 11.6. The lowest BCUT2D eigenvalue weighted by Crippen LogP contribution is -2.45. The van der Waals surface area contributed by atoms with Crippen LogP contribution in [-0.4, -0.2) is 28.8 Å². The molecule has 0 spiro atoms. The molecule has 0 amide bonds. The summed E-state index contributed by atoms with van der Waals surface area (Å²) >= 11 is 6.08. The van der Waals surface area contributed by atoms with Crippen LogP contribution in [0.5, 0.6) is 11.5 Å². The normalized spacial score (nSPS) is 19.1. The Morgan fingerprint density at radius 1 is 1.17 bits per heavy atom. The third-order valence-electron chi connectivity index (χ3n) is 4.50. The number of benzene rings is 2. The Kier molecular flexibility index (Phi) is 3.82. The van der Waals surface area contributed by atoms with E-state index in [0.29, 0.717) is 30.3 Å². The second-order valence-electron chi connectivity index (χ2n) is 6.06. The molecule has 1 N–H and O–H groups in total. The van der Waals surface area contributed by atoms with Gasteiger partial charge in [0.15, 0.2) is 11.5 Å². The molecular formula is C18H16ClNO4. The van der Waals surface area contributed by atoms with Gasteiger partial charge in [-0.1, -0.05) is 23.7 Å². The highest BCUT2D eigenvalue weighted by Gasteiger charge is 2.31. The van der Waals surface area contributed by atoms with Crippen LogP contribution in [0.15, 0.2) is 36.4 Å². The van der Waals surface area contributed by atoms with Crippen LogP contribution < -0.4 is 9.47 Å². The van der Waals surface area contributed by atoms with Crippen LogP contribution in [-0.2, 0) is 24.3 Å². The minimum Gasteiger partial charge on any atom is -0.480 e. The van der Waals surface area contributed by atoms with Gasteiger partial charge in [0.1, 0.15) is 6.04 Å². The first kappa shape index (κ1) is 15.3. The molecule has 2 heterocycles. The standard InChI is InChI=1S/C18H16ClNO4/c19-14-3-2-12-7-15(18(21)22)20(9-13(12)6-14)8-11-1-4-16-17(5-11)24-10-23-16/h1-6,15H,7-10H2,(H,21,22). The maximum Gasteiger partial charge on any atom is 0.321 e. The molecule has 1 unspecified atom stereocenters. The Labute approximate surface area is 144 Å². The number of halogens is 1. The highest BCUT2D eigenvalue weighted by molar-refractivity contribution is 6.30. The summed E-state index contributed by atoms with van der Waals surface area (Å²) < 4.78 is 10.7. The Morgan fingerprint density at radius 2 is 2.00 bits per heavy atom. The molecule has 2 aliphatic heterocycles. The Hall–Kier alpha value is -2.24. The van der Waals surface area contributed by atoms with Crippen molar-refractivity contribution in [1.82, 2.24) is 4.90 Å². The number of hydrogen-bond acceptors (Lipinski definition) is 4. The zero-order valence-electron chi connectivity index (χ0n) is 12.9. The highest BCUT2D eigenvalue weighted by Crippen LogP contribution is 2.34. The molecule has 0 radical (unpaired) electrons. The molecule has 0 aliphatic carbocycles. The second kappa shape index (κ2) is 6.00. The molecule has 1 atom stereocenters. The highest BCUT2D eigenvalue weighted by atomic mass is 35.5. The maximum atomic E-state index is 11.7. The Morgan fingerprint density at radius 3 is 2.83 bits per heavy atom. The van der Waals surface area contributed by atoms with Gasteiger partial charge in [0.2, 0.25) is 6.79 Å². The summed E-state index contributed by atoms with van der Waals surface area (Å²) in [7, 11) is 0. The van der Waals surface area contributed by atoms with Crippen molar-refractivity contribution in [3.63, 3.8) is 0 Å². The molecule has 124 valence electrons. The van der Waals surface area contributed by atoms with Crippen molar-refractivity contribution < 1.29 is 19.4 Å². The predicted octanol–water partition coefficient (Wildman–Crippen LogP) is 3.08. The Balaban J connectivity index is 1.61. The fraction of sp³-hybridized carbons (Fsp3) is 0.278. The molecule has 24 heavy (non-hydrogen) atoms. The van der Waals surface area contributed by atoms with E-state index in [9.17, 15) is 9.90 Å². The molecule has 6 heteroatoms. The van der Waals surface area contributed by atoms with Crippen LogP contribution >= 0.6 is 11.6 Å². The third kappa shape index (κ3) is 2.81. The van der Waals surface area contributed by atoms with Gasteiger partial charge in [-0.05, 0) is 47.4 Å². The molecule has 5 nitrogen and oxygen atoms in total. The van der Waals surface area contributed by atoms with Crippen molar-refractivity contribution in [2.75, 3.05) is 6.79 Å². The van der Waals surface area contributed by atoms with Gasteiger partial charge in [0.25, 0.3) is 0 Å². The van der Waals surface area contributed by atoms with E-state index in [2.05, 4.69) is 0 Å². The van der Waals surface area contributed by atoms with E-state index in [0.717, 1.165) is 22.4 Å². The van der Waals surface area contributed by atoms with Crippen LogP contribution in [0.25, 0.3) is 0 Å². The molecule has 0 fully saturated rings. The van der Waals surface area contributed by atoms with E-state index < -0.39 is 12.0 Å². The molecule has 2 aromatic carbocycles. The quantitative estimate of drug-likeness (QED) is 0.926. The van der Waals surface area contributed by atoms with E-state index in [1.807, 2.05) is 41.3 Å². The number of nitrogens with zero attached hydrogens (tertiary/aromatic N) is 1. The molecule has 0 saturated carbocycles. The summed E-state index contributed by atoms with van der Waals surface area (Å²) in [6.45, 7) is 1.31. The zero-order chi connectivity index (χ0) is 16.7. The van der Waals surface area contributed by atoms with Crippen molar-refractivity contribution in [1.29, 1.82) is 0 Å². The van der Waals surface area contributed by atoms with E-state index in [1.54, 1.807) is 0 Å². The fourth-order valence-electron chi connectivity index (χ4n) is 3.29.